The number of aromatic nitrogens is 2. The monoisotopic (exact) mass is 280 g/mol. The second kappa shape index (κ2) is 4.73. The molecular formula is C11H12N4O3S. The minimum Gasteiger partial charge on any atom is -0.366 e. The summed E-state index contributed by atoms with van der Waals surface area (Å²) >= 11 is 0. The molecular weight excluding hydrogens is 268 g/mol. The van der Waals surface area contributed by atoms with Crippen molar-refractivity contribution in [1.29, 1.82) is 0 Å². The molecule has 0 aliphatic carbocycles. The lowest BCUT2D eigenvalue weighted by atomic mass is 10.1. The van der Waals surface area contributed by atoms with E-state index in [0.717, 1.165) is 0 Å². The second-order valence-corrected chi connectivity index (χ2v) is 5.57. The molecule has 2 aromatic rings. The van der Waals surface area contributed by atoms with E-state index in [-0.39, 0.29) is 16.4 Å². The zero-order chi connectivity index (χ0) is 14.0. The van der Waals surface area contributed by atoms with Crippen LogP contribution in [0, 0.1) is 6.92 Å². The van der Waals surface area contributed by atoms with Crippen molar-refractivity contribution < 1.29 is 13.2 Å². The number of hydrogen-bond acceptors (Lipinski definition) is 4. The van der Waals surface area contributed by atoms with Gasteiger partial charge >= 0.3 is 0 Å². The number of amides is 1. The average molecular weight is 280 g/mol. The Bertz CT molecular complexity index is 708. The quantitative estimate of drug-likeness (QED) is 0.760. The molecule has 0 bridgehead atoms. The Hall–Kier alpha value is -2.35. The highest BCUT2D eigenvalue weighted by molar-refractivity contribution is 7.92. The molecule has 1 amide bonds. The summed E-state index contributed by atoms with van der Waals surface area (Å²) in [6.45, 7) is 1.68. The van der Waals surface area contributed by atoms with Crippen LogP contribution < -0.4 is 10.5 Å². The van der Waals surface area contributed by atoms with Crippen LogP contribution in [0.3, 0.4) is 0 Å². The molecule has 7 nitrogen and oxygen atoms in total. The molecule has 0 fully saturated rings. The van der Waals surface area contributed by atoms with Crippen LogP contribution in [0.1, 0.15) is 15.9 Å². The number of anilines is 1. The summed E-state index contributed by atoms with van der Waals surface area (Å²) in [5.41, 5.74) is 5.97. The molecule has 0 unspecified atom stereocenters. The molecule has 2 rings (SSSR count). The van der Waals surface area contributed by atoms with Crippen molar-refractivity contribution >= 4 is 21.9 Å². The molecule has 8 heteroatoms. The van der Waals surface area contributed by atoms with Gasteiger partial charge in [-0.2, -0.15) is 0 Å². The summed E-state index contributed by atoms with van der Waals surface area (Å²) in [7, 11) is -3.81. The standard InChI is InChI=1S/C11H12N4O3S/c1-7-2-3-8(6-9(7)10(12)16)19(17,18)15-11-13-4-5-14-11/h2-6H,1H3,(H2,12,16)(H2,13,14,15). The first-order chi connectivity index (χ1) is 8.90. The van der Waals surface area contributed by atoms with Gasteiger partial charge in [-0.3, -0.25) is 4.79 Å². The third-order valence-corrected chi connectivity index (χ3v) is 3.85. The Morgan fingerprint density at radius 2 is 2.16 bits per heavy atom. The van der Waals surface area contributed by atoms with Gasteiger partial charge in [-0.25, -0.2) is 18.1 Å². The number of aryl methyl sites for hydroxylation is 1. The van der Waals surface area contributed by atoms with Gasteiger partial charge in [-0.15, -0.1) is 0 Å². The van der Waals surface area contributed by atoms with E-state index in [0.29, 0.717) is 5.56 Å². The maximum Gasteiger partial charge on any atom is 0.264 e. The van der Waals surface area contributed by atoms with Crippen molar-refractivity contribution in [3.8, 4) is 0 Å². The number of primary amides is 1. The van der Waals surface area contributed by atoms with Gasteiger partial charge in [0.05, 0.1) is 4.90 Å². The highest BCUT2D eigenvalue weighted by Gasteiger charge is 2.17. The van der Waals surface area contributed by atoms with Crippen LogP contribution >= 0.6 is 0 Å². The first-order valence-corrected chi connectivity index (χ1v) is 6.81. The highest BCUT2D eigenvalue weighted by atomic mass is 32.2. The van der Waals surface area contributed by atoms with Gasteiger partial charge < -0.3 is 10.7 Å². The number of nitrogens with one attached hydrogen (secondary N) is 2. The number of nitrogens with zero attached hydrogens (tertiary/aromatic N) is 1. The molecule has 19 heavy (non-hydrogen) atoms. The van der Waals surface area contributed by atoms with Crippen molar-refractivity contribution in [2.45, 2.75) is 11.8 Å². The van der Waals surface area contributed by atoms with E-state index in [1.807, 2.05) is 0 Å². The summed E-state index contributed by atoms with van der Waals surface area (Å²) in [5.74, 6) is -0.575. The van der Waals surface area contributed by atoms with Crippen LogP contribution in [-0.2, 0) is 10.0 Å². The lowest BCUT2D eigenvalue weighted by molar-refractivity contribution is 0.0999. The number of benzene rings is 1. The zero-order valence-electron chi connectivity index (χ0n) is 10.0. The third kappa shape index (κ3) is 2.74. The van der Waals surface area contributed by atoms with Crippen LogP contribution in [0.5, 0.6) is 0 Å². The van der Waals surface area contributed by atoms with Gasteiger partial charge in [0.2, 0.25) is 11.9 Å². The summed E-state index contributed by atoms with van der Waals surface area (Å²) in [4.78, 5) is 17.5. The van der Waals surface area contributed by atoms with Gasteiger partial charge in [0.1, 0.15) is 0 Å². The number of hydrogen-bond donors (Lipinski definition) is 3. The number of carbonyl (C=O) groups excluding carboxylic acids is 1. The van der Waals surface area contributed by atoms with Gasteiger partial charge in [0, 0.05) is 18.0 Å². The second-order valence-electron chi connectivity index (χ2n) is 3.88. The van der Waals surface area contributed by atoms with Gasteiger partial charge in [0.25, 0.3) is 10.0 Å². The fourth-order valence-electron chi connectivity index (χ4n) is 1.54. The van der Waals surface area contributed by atoms with Crippen LogP contribution in [0.25, 0.3) is 0 Å². The van der Waals surface area contributed by atoms with Crippen LogP contribution in [-0.4, -0.2) is 24.3 Å². The third-order valence-electron chi connectivity index (χ3n) is 2.51. The molecule has 4 N–H and O–H groups in total. The molecule has 0 saturated carbocycles. The van der Waals surface area contributed by atoms with Crippen molar-refractivity contribution in [3.05, 3.63) is 41.7 Å². The molecule has 0 radical (unpaired) electrons. The Balaban J connectivity index is 2.41. The van der Waals surface area contributed by atoms with E-state index >= 15 is 0 Å². The molecule has 0 atom stereocenters. The topological polar surface area (TPSA) is 118 Å². The number of sulfonamides is 1. The van der Waals surface area contributed by atoms with Crippen LogP contribution in [0.15, 0.2) is 35.5 Å². The first-order valence-electron chi connectivity index (χ1n) is 5.33. The summed E-state index contributed by atoms with van der Waals surface area (Å²) in [6.07, 6.45) is 2.91. The Morgan fingerprint density at radius 1 is 1.42 bits per heavy atom. The average Bonchev–Trinajstić information content (AvgIpc) is 2.80. The fraction of sp³-hybridized carbons (Fsp3) is 0.0909. The van der Waals surface area contributed by atoms with E-state index < -0.39 is 15.9 Å². The van der Waals surface area contributed by atoms with Gasteiger partial charge in [-0.05, 0) is 24.6 Å². The van der Waals surface area contributed by atoms with Gasteiger partial charge in [-0.1, -0.05) is 6.07 Å². The maximum absolute atomic E-state index is 12.1. The largest absolute Gasteiger partial charge is 0.366 e. The summed E-state index contributed by atoms with van der Waals surface area (Å²) < 4.78 is 26.4. The SMILES string of the molecule is Cc1ccc(S(=O)(=O)Nc2ncc[nH]2)cc1C(N)=O. The number of imidazole rings is 1. The molecule has 1 aromatic carbocycles. The molecule has 100 valence electrons. The molecule has 1 heterocycles. The lowest BCUT2D eigenvalue weighted by Crippen LogP contribution is -2.17. The molecule has 0 saturated heterocycles. The molecule has 0 aliphatic rings. The molecule has 1 aromatic heterocycles. The number of carbonyl (C=O) groups is 1. The number of nitrogens with two attached hydrogens (primary N) is 1. The minimum absolute atomic E-state index is 0.0525. The van der Waals surface area contributed by atoms with E-state index in [9.17, 15) is 13.2 Å². The van der Waals surface area contributed by atoms with Crippen molar-refractivity contribution in [2.24, 2.45) is 5.73 Å². The Morgan fingerprint density at radius 3 is 2.74 bits per heavy atom. The predicted molar refractivity (Wildman–Crippen MR) is 69.1 cm³/mol. The Kier molecular flexibility index (Phi) is 3.26. The fourth-order valence-corrected chi connectivity index (χ4v) is 2.55. The van der Waals surface area contributed by atoms with Crippen LogP contribution in [0.2, 0.25) is 0 Å². The number of rotatable bonds is 4. The normalized spacial score (nSPS) is 11.2. The van der Waals surface area contributed by atoms with Crippen molar-refractivity contribution in [1.82, 2.24) is 9.97 Å². The minimum atomic E-state index is -3.81. The lowest BCUT2D eigenvalue weighted by Gasteiger charge is -2.08. The van der Waals surface area contributed by atoms with E-state index in [2.05, 4.69) is 14.7 Å². The van der Waals surface area contributed by atoms with E-state index in [1.165, 1.54) is 30.6 Å². The smallest absolute Gasteiger partial charge is 0.264 e. The first kappa shape index (κ1) is 13.1. The Labute approximate surface area is 109 Å². The highest BCUT2D eigenvalue weighted by Crippen LogP contribution is 2.17. The van der Waals surface area contributed by atoms with Crippen molar-refractivity contribution in [2.75, 3.05) is 4.72 Å². The van der Waals surface area contributed by atoms with E-state index in [4.69, 9.17) is 5.73 Å². The molecule has 0 aliphatic heterocycles. The zero-order valence-corrected chi connectivity index (χ0v) is 10.9. The maximum atomic E-state index is 12.1. The van der Waals surface area contributed by atoms with Crippen molar-refractivity contribution in [3.63, 3.8) is 0 Å². The predicted octanol–water partition coefficient (Wildman–Crippen LogP) is 0.618. The summed E-state index contributed by atoms with van der Waals surface area (Å²) in [5, 5.41) is 0. The summed E-state index contributed by atoms with van der Waals surface area (Å²) in [6, 6.07) is 4.16. The number of H-pyrrole nitrogens is 1. The number of aromatic amines is 1. The van der Waals surface area contributed by atoms with E-state index in [1.54, 1.807) is 6.92 Å². The van der Waals surface area contributed by atoms with Gasteiger partial charge in [0.15, 0.2) is 0 Å². The molecule has 0 spiro atoms. The van der Waals surface area contributed by atoms with Crippen LogP contribution in [0.4, 0.5) is 5.95 Å².